The molecular weight excluding hydrogens is 292 g/mol. The minimum Gasteiger partial charge on any atom is -0.444 e. The SMILES string of the molecule is C[C@@H](NCCCCCCNC(=O)OC(C)(C)C)[C@@H]1CCCOC1. The van der Waals surface area contributed by atoms with E-state index in [4.69, 9.17) is 9.47 Å². The summed E-state index contributed by atoms with van der Waals surface area (Å²) < 4.78 is 10.7. The number of carbonyl (C=O) groups is 1. The number of carbonyl (C=O) groups excluding carboxylic acids is 1. The van der Waals surface area contributed by atoms with Crippen LogP contribution in [0.2, 0.25) is 0 Å². The molecule has 0 radical (unpaired) electrons. The molecule has 136 valence electrons. The number of hydrogen-bond acceptors (Lipinski definition) is 4. The van der Waals surface area contributed by atoms with Crippen molar-refractivity contribution in [2.24, 2.45) is 5.92 Å². The zero-order valence-corrected chi connectivity index (χ0v) is 15.5. The van der Waals surface area contributed by atoms with Crippen molar-refractivity contribution in [1.82, 2.24) is 10.6 Å². The average molecular weight is 328 g/mol. The first-order chi connectivity index (χ1) is 10.9. The van der Waals surface area contributed by atoms with Crippen LogP contribution in [-0.2, 0) is 9.47 Å². The highest BCUT2D eigenvalue weighted by molar-refractivity contribution is 5.67. The largest absolute Gasteiger partial charge is 0.444 e. The molecule has 23 heavy (non-hydrogen) atoms. The highest BCUT2D eigenvalue weighted by Crippen LogP contribution is 2.17. The van der Waals surface area contributed by atoms with Crippen molar-refractivity contribution in [2.75, 3.05) is 26.3 Å². The van der Waals surface area contributed by atoms with Gasteiger partial charge in [0.05, 0.1) is 6.61 Å². The van der Waals surface area contributed by atoms with Gasteiger partial charge in [-0.15, -0.1) is 0 Å². The molecule has 1 saturated heterocycles. The molecule has 1 aliphatic rings. The molecule has 0 aliphatic carbocycles. The molecule has 1 fully saturated rings. The fourth-order valence-electron chi connectivity index (χ4n) is 2.76. The van der Waals surface area contributed by atoms with Crippen molar-refractivity contribution in [3.8, 4) is 0 Å². The summed E-state index contributed by atoms with van der Waals surface area (Å²) in [6.45, 7) is 11.5. The summed E-state index contributed by atoms with van der Waals surface area (Å²) in [6.07, 6.45) is 6.68. The van der Waals surface area contributed by atoms with Crippen LogP contribution in [0.5, 0.6) is 0 Å². The fourth-order valence-corrected chi connectivity index (χ4v) is 2.76. The Kier molecular flexibility index (Phi) is 9.56. The van der Waals surface area contributed by atoms with Crippen LogP contribution in [-0.4, -0.2) is 44.0 Å². The summed E-state index contributed by atoms with van der Waals surface area (Å²) in [5.41, 5.74) is -0.421. The van der Waals surface area contributed by atoms with E-state index in [-0.39, 0.29) is 6.09 Å². The van der Waals surface area contributed by atoms with E-state index in [0.717, 1.165) is 32.6 Å². The second-order valence-corrected chi connectivity index (χ2v) is 7.56. The van der Waals surface area contributed by atoms with Crippen molar-refractivity contribution in [3.63, 3.8) is 0 Å². The third kappa shape index (κ3) is 10.6. The van der Waals surface area contributed by atoms with Crippen molar-refractivity contribution in [1.29, 1.82) is 0 Å². The first-order valence-electron chi connectivity index (χ1n) is 9.16. The van der Waals surface area contributed by atoms with Crippen LogP contribution in [0.4, 0.5) is 4.79 Å². The number of rotatable bonds is 9. The van der Waals surface area contributed by atoms with E-state index >= 15 is 0 Å². The van der Waals surface area contributed by atoms with Crippen LogP contribution in [0, 0.1) is 5.92 Å². The molecule has 5 nitrogen and oxygen atoms in total. The van der Waals surface area contributed by atoms with Crippen LogP contribution in [0.25, 0.3) is 0 Å². The normalized spacial score (nSPS) is 20.1. The highest BCUT2D eigenvalue weighted by atomic mass is 16.6. The zero-order valence-electron chi connectivity index (χ0n) is 15.5. The first kappa shape index (κ1) is 20.2. The van der Waals surface area contributed by atoms with Crippen LogP contribution in [0.3, 0.4) is 0 Å². The lowest BCUT2D eigenvalue weighted by Crippen LogP contribution is -2.38. The molecule has 1 heterocycles. The van der Waals surface area contributed by atoms with E-state index in [1.807, 2.05) is 20.8 Å². The lowest BCUT2D eigenvalue weighted by Gasteiger charge is -2.28. The molecule has 0 saturated carbocycles. The van der Waals surface area contributed by atoms with Gasteiger partial charge >= 0.3 is 6.09 Å². The van der Waals surface area contributed by atoms with Gasteiger partial charge in [-0.25, -0.2) is 4.79 Å². The summed E-state index contributed by atoms with van der Waals surface area (Å²) in [5, 5.41) is 6.42. The molecule has 2 N–H and O–H groups in total. The summed E-state index contributed by atoms with van der Waals surface area (Å²) in [4.78, 5) is 11.5. The molecule has 1 amide bonds. The third-order valence-electron chi connectivity index (χ3n) is 4.14. The fraction of sp³-hybridized carbons (Fsp3) is 0.944. The molecule has 0 aromatic rings. The summed E-state index contributed by atoms with van der Waals surface area (Å²) in [6, 6.07) is 0.545. The van der Waals surface area contributed by atoms with Crippen molar-refractivity contribution in [2.45, 2.75) is 77.9 Å². The maximum Gasteiger partial charge on any atom is 0.407 e. The lowest BCUT2D eigenvalue weighted by molar-refractivity contribution is 0.0420. The molecule has 5 heteroatoms. The van der Waals surface area contributed by atoms with Gasteiger partial charge in [-0.05, 0) is 65.8 Å². The Balaban J connectivity index is 1.90. The molecule has 0 spiro atoms. The highest BCUT2D eigenvalue weighted by Gasteiger charge is 2.19. The Morgan fingerprint density at radius 1 is 1.22 bits per heavy atom. The predicted octanol–water partition coefficient (Wildman–Crippen LogP) is 3.48. The Morgan fingerprint density at radius 3 is 2.52 bits per heavy atom. The van der Waals surface area contributed by atoms with E-state index in [1.165, 1.54) is 25.7 Å². The summed E-state index contributed by atoms with van der Waals surface area (Å²) in [7, 11) is 0. The maximum absolute atomic E-state index is 11.5. The Labute approximate surface area is 141 Å². The van der Waals surface area contributed by atoms with Crippen LogP contribution < -0.4 is 10.6 Å². The molecule has 1 rings (SSSR count). The second kappa shape index (κ2) is 10.9. The molecule has 0 bridgehead atoms. The minimum atomic E-state index is -0.421. The van der Waals surface area contributed by atoms with Gasteiger partial charge in [0.2, 0.25) is 0 Å². The van der Waals surface area contributed by atoms with Crippen molar-refractivity contribution in [3.05, 3.63) is 0 Å². The molecule has 0 aromatic heterocycles. The quantitative estimate of drug-likeness (QED) is 0.636. The van der Waals surface area contributed by atoms with Crippen molar-refractivity contribution < 1.29 is 14.3 Å². The van der Waals surface area contributed by atoms with Gasteiger partial charge in [0, 0.05) is 19.2 Å². The van der Waals surface area contributed by atoms with Gasteiger partial charge in [0.25, 0.3) is 0 Å². The second-order valence-electron chi connectivity index (χ2n) is 7.56. The standard InChI is InChI=1S/C18H36N2O3/c1-15(16-10-9-13-22-14-16)19-11-7-5-6-8-12-20-17(21)23-18(2,3)4/h15-16,19H,5-14H2,1-4H3,(H,20,21)/t15-,16-/m1/s1. The minimum absolute atomic E-state index is 0.317. The van der Waals surface area contributed by atoms with E-state index in [2.05, 4.69) is 17.6 Å². The van der Waals surface area contributed by atoms with Crippen LogP contribution >= 0.6 is 0 Å². The van der Waals surface area contributed by atoms with E-state index in [0.29, 0.717) is 18.5 Å². The van der Waals surface area contributed by atoms with Gasteiger partial charge in [-0.1, -0.05) is 12.8 Å². The maximum atomic E-state index is 11.5. The van der Waals surface area contributed by atoms with Gasteiger partial charge in [-0.2, -0.15) is 0 Å². The van der Waals surface area contributed by atoms with E-state index < -0.39 is 5.60 Å². The van der Waals surface area contributed by atoms with E-state index in [9.17, 15) is 4.79 Å². The Hall–Kier alpha value is -0.810. The predicted molar refractivity (Wildman–Crippen MR) is 93.7 cm³/mol. The Morgan fingerprint density at radius 2 is 1.91 bits per heavy atom. The van der Waals surface area contributed by atoms with Gasteiger partial charge in [0.1, 0.15) is 5.60 Å². The van der Waals surface area contributed by atoms with Gasteiger partial charge in [0.15, 0.2) is 0 Å². The number of ether oxygens (including phenoxy) is 2. The molecule has 0 unspecified atom stereocenters. The molecule has 0 aromatic carbocycles. The topological polar surface area (TPSA) is 59.6 Å². The smallest absolute Gasteiger partial charge is 0.407 e. The lowest BCUT2D eigenvalue weighted by atomic mass is 9.95. The zero-order chi connectivity index (χ0) is 17.1. The monoisotopic (exact) mass is 328 g/mol. The molecule has 2 atom stereocenters. The van der Waals surface area contributed by atoms with Crippen LogP contribution in [0.15, 0.2) is 0 Å². The molecular formula is C18H36N2O3. The third-order valence-corrected chi connectivity index (χ3v) is 4.14. The number of unbranched alkanes of at least 4 members (excludes halogenated alkanes) is 3. The average Bonchev–Trinajstić information content (AvgIpc) is 2.48. The first-order valence-corrected chi connectivity index (χ1v) is 9.16. The summed E-state index contributed by atoms with van der Waals surface area (Å²) in [5.74, 6) is 0.668. The van der Waals surface area contributed by atoms with Gasteiger partial charge < -0.3 is 20.1 Å². The molecule has 1 aliphatic heterocycles. The Bertz CT molecular complexity index is 323. The number of alkyl carbamates (subject to hydrolysis) is 1. The number of hydrogen-bond donors (Lipinski definition) is 2. The number of nitrogens with one attached hydrogen (secondary N) is 2. The van der Waals surface area contributed by atoms with Gasteiger partial charge in [-0.3, -0.25) is 0 Å². The number of amides is 1. The van der Waals surface area contributed by atoms with Crippen LogP contribution in [0.1, 0.15) is 66.2 Å². The summed E-state index contributed by atoms with van der Waals surface area (Å²) >= 11 is 0. The van der Waals surface area contributed by atoms with Crippen molar-refractivity contribution >= 4 is 6.09 Å². The van der Waals surface area contributed by atoms with E-state index in [1.54, 1.807) is 0 Å².